The SMILES string of the molecule is CC(C)=CCCC(C)CCC(C)(C)c1cc2c(O)c(c1)Cc1cc(C(C)(C)C)cc(c1O)Cc1cc(C(C)(C)C)cc(c1O)COCc1cc(C(C)(C)C)cc(c1O)C2. The fourth-order valence-corrected chi connectivity index (χ4v) is 8.20. The summed E-state index contributed by atoms with van der Waals surface area (Å²) in [7, 11) is 0. The van der Waals surface area contributed by atoms with Crippen LogP contribution in [-0.2, 0) is 58.9 Å². The molecule has 5 nitrogen and oxygen atoms in total. The molecule has 59 heavy (non-hydrogen) atoms. The van der Waals surface area contributed by atoms with Crippen LogP contribution in [0, 0.1) is 5.92 Å². The zero-order valence-electron chi connectivity index (χ0n) is 38.8. The molecule has 0 aliphatic carbocycles. The van der Waals surface area contributed by atoms with Crippen LogP contribution < -0.4 is 0 Å². The molecule has 1 heterocycles. The average Bonchev–Trinajstić information content (AvgIpc) is 3.11. The van der Waals surface area contributed by atoms with Gasteiger partial charge in [-0.05, 0) is 135 Å². The van der Waals surface area contributed by atoms with E-state index in [9.17, 15) is 20.4 Å². The molecule has 0 radical (unpaired) electrons. The summed E-state index contributed by atoms with van der Waals surface area (Å²) in [6.45, 7) is 31.0. The van der Waals surface area contributed by atoms with Gasteiger partial charge in [0.25, 0.3) is 0 Å². The van der Waals surface area contributed by atoms with Crippen LogP contribution in [0.2, 0.25) is 0 Å². The lowest BCUT2D eigenvalue weighted by molar-refractivity contribution is 0.103. The number of benzene rings is 4. The van der Waals surface area contributed by atoms with Crippen molar-refractivity contribution >= 4 is 0 Å². The van der Waals surface area contributed by atoms with E-state index in [1.807, 2.05) is 12.1 Å². The molecule has 4 N–H and O–H groups in total. The first-order valence-electron chi connectivity index (χ1n) is 21.9. The van der Waals surface area contributed by atoms with Gasteiger partial charge in [0, 0.05) is 30.4 Å². The number of allylic oxidation sites excluding steroid dienone is 2. The van der Waals surface area contributed by atoms with E-state index in [4.69, 9.17) is 4.74 Å². The number of hydrogen-bond donors (Lipinski definition) is 4. The Bertz CT molecular complexity index is 2180. The Morgan fingerprint density at radius 3 is 1.14 bits per heavy atom. The molecule has 5 rings (SSSR count). The van der Waals surface area contributed by atoms with Crippen molar-refractivity contribution in [3.05, 3.63) is 127 Å². The van der Waals surface area contributed by atoms with Gasteiger partial charge in [-0.1, -0.05) is 131 Å². The van der Waals surface area contributed by atoms with E-state index in [0.29, 0.717) is 41.9 Å². The molecule has 8 bridgehead atoms. The molecule has 0 fully saturated rings. The maximum Gasteiger partial charge on any atom is 0.124 e. The van der Waals surface area contributed by atoms with Crippen LogP contribution in [-0.4, -0.2) is 20.4 Å². The van der Waals surface area contributed by atoms with Gasteiger partial charge in [-0.15, -0.1) is 0 Å². The average molecular weight is 803 g/mol. The highest BCUT2D eigenvalue weighted by molar-refractivity contribution is 5.57. The van der Waals surface area contributed by atoms with E-state index in [-0.39, 0.29) is 57.9 Å². The van der Waals surface area contributed by atoms with Crippen molar-refractivity contribution in [2.24, 2.45) is 5.92 Å². The molecule has 0 saturated heterocycles. The third kappa shape index (κ3) is 11.1. The van der Waals surface area contributed by atoms with Gasteiger partial charge in [-0.25, -0.2) is 0 Å². The maximum absolute atomic E-state index is 12.3. The number of phenolic OH excluding ortho intramolecular Hbond substituents is 4. The van der Waals surface area contributed by atoms with Crippen LogP contribution in [0.15, 0.2) is 60.2 Å². The van der Waals surface area contributed by atoms with Gasteiger partial charge in [0.15, 0.2) is 0 Å². The summed E-state index contributed by atoms with van der Waals surface area (Å²) in [5.41, 5.74) is 10.6. The van der Waals surface area contributed by atoms with E-state index in [1.165, 1.54) is 5.57 Å². The molecule has 0 aromatic heterocycles. The lowest BCUT2D eigenvalue weighted by Gasteiger charge is -2.29. The summed E-state index contributed by atoms with van der Waals surface area (Å²) in [6, 6.07) is 16.6. The first-order valence-corrected chi connectivity index (χ1v) is 21.9. The summed E-state index contributed by atoms with van der Waals surface area (Å²) in [5, 5.41) is 48.3. The van der Waals surface area contributed by atoms with E-state index >= 15 is 0 Å². The Labute approximate surface area is 356 Å². The van der Waals surface area contributed by atoms with Crippen LogP contribution in [0.5, 0.6) is 23.0 Å². The molecular weight excluding hydrogens is 729 g/mol. The summed E-state index contributed by atoms with van der Waals surface area (Å²) in [6.07, 6.45) is 7.57. The van der Waals surface area contributed by atoms with Gasteiger partial charge in [-0.2, -0.15) is 0 Å². The van der Waals surface area contributed by atoms with E-state index < -0.39 is 0 Å². The second-order valence-electron chi connectivity index (χ2n) is 21.7. The van der Waals surface area contributed by atoms with Crippen LogP contribution in [0.4, 0.5) is 0 Å². The predicted molar refractivity (Wildman–Crippen MR) is 246 cm³/mol. The Morgan fingerprint density at radius 1 is 0.508 bits per heavy atom. The van der Waals surface area contributed by atoms with E-state index in [0.717, 1.165) is 75.8 Å². The van der Waals surface area contributed by atoms with Crippen LogP contribution in [0.1, 0.15) is 189 Å². The zero-order chi connectivity index (χ0) is 43.8. The summed E-state index contributed by atoms with van der Waals surface area (Å²) in [5.74, 6) is 1.23. The minimum Gasteiger partial charge on any atom is -0.507 e. The predicted octanol–water partition coefficient (Wildman–Crippen LogP) is 13.6. The van der Waals surface area contributed by atoms with E-state index in [2.05, 4.69) is 139 Å². The van der Waals surface area contributed by atoms with Crippen molar-refractivity contribution in [3.63, 3.8) is 0 Å². The monoisotopic (exact) mass is 803 g/mol. The minimum absolute atomic E-state index is 0.144. The van der Waals surface area contributed by atoms with Crippen molar-refractivity contribution in [1.29, 1.82) is 0 Å². The second kappa shape index (κ2) is 17.4. The molecule has 4 aromatic carbocycles. The summed E-state index contributed by atoms with van der Waals surface area (Å²) >= 11 is 0. The maximum atomic E-state index is 12.3. The highest BCUT2D eigenvalue weighted by Gasteiger charge is 2.28. The third-order valence-corrected chi connectivity index (χ3v) is 12.6. The molecule has 4 aromatic rings. The smallest absolute Gasteiger partial charge is 0.124 e. The number of hydrogen-bond acceptors (Lipinski definition) is 5. The molecule has 5 heteroatoms. The highest BCUT2D eigenvalue weighted by Crippen LogP contribution is 2.43. The fraction of sp³-hybridized carbons (Fsp3) is 0.519. The largest absolute Gasteiger partial charge is 0.507 e. The van der Waals surface area contributed by atoms with Gasteiger partial charge in [0.05, 0.1) is 13.2 Å². The fourth-order valence-electron chi connectivity index (χ4n) is 8.20. The number of phenols is 4. The third-order valence-electron chi connectivity index (χ3n) is 12.6. The van der Waals surface area contributed by atoms with Gasteiger partial charge < -0.3 is 25.2 Å². The first kappa shape index (κ1) is 45.9. The van der Waals surface area contributed by atoms with Gasteiger partial charge >= 0.3 is 0 Å². The standard InChI is InChI=1S/C54H74O5/c1-33(2)16-15-17-34(3)18-19-54(13,14)46-27-39-21-36-24-43(51(4,5)6)23-35(47(36)55)20-37-25-44(52(7,8)9)29-41(49(37)57)31-59-32-42-30-45(53(10,11)12)26-38(50(42)58)22-40(28-46)48(39)56/h16,23-30,34,55-58H,15,17-22,31-32H2,1-14H3. The topological polar surface area (TPSA) is 90.2 Å². The lowest BCUT2D eigenvalue weighted by atomic mass is 9.76. The second-order valence-corrected chi connectivity index (χ2v) is 21.7. The molecular formula is C54H74O5. The Balaban J connectivity index is 1.75. The summed E-state index contributed by atoms with van der Waals surface area (Å²) in [4.78, 5) is 0. The molecule has 0 amide bonds. The molecule has 0 spiro atoms. The van der Waals surface area contributed by atoms with Gasteiger partial charge in [0.2, 0.25) is 0 Å². The van der Waals surface area contributed by atoms with Crippen molar-refractivity contribution in [2.75, 3.05) is 0 Å². The molecule has 1 atom stereocenters. The molecule has 0 saturated carbocycles. The van der Waals surface area contributed by atoms with Crippen LogP contribution in [0.25, 0.3) is 0 Å². The molecule has 1 aliphatic rings. The number of aromatic hydroxyl groups is 4. The molecule has 1 unspecified atom stereocenters. The number of ether oxygens (including phenoxy) is 1. The highest BCUT2D eigenvalue weighted by atomic mass is 16.5. The van der Waals surface area contributed by atoms with Crippen LogP contribution >= 0.6 is 0 Å². The normalized spacial score (nSPS) is 14.7. The zero-order valence-corrected chi connectivity index (χ0v) is 38.8. The Kier molecular flexibility index (Phi) is 13.5. The molecule has 320 valence electrons. The number of rotatable bonds is 7. The van der Waals surface area contributed by atoms with E-state index in [1.54, 1.807) is 0 Å². The lowest BCUT2D eigenvalue weighted by Crippen LogP contribution is -2.19. The van der Waals surface area contributed by atoms with Crippen molar-refractivity contribution in [3.8, 4) is 23.0 Å². The minimum atomic E-state index is -0.227. The summed E-state index contributed by atoms with van der Waals surface area (Å²) < 4.78 is 6.38. The number of fused-ring (bicyclic) bond motifs is 8. The molecule has 1 aliphatic heterocycles. The van der Waals surface area contributed by atoms with Crippen molar-refractivity contribution < 1.29 is 25.2 Å². The quantitative estimate of drug-likeness (QED) is 0.140. The van der Waals surface area contributed by atoms with Crippen molar-refractivity contribution in [2.45, 2.75) is 177 Å². The van der Waals surface area contributed by atoms with Gasteiger partial charge in [-0.3, -0.25) is 0 Å². The first-order chi connectivity index (χ1) is 27.2. The van der Waals surface area contributed by atoms with Crippen molar-refractivity contribution in [1.82, 2.24) is 0 Å². The Hall–Kier alpha value is -4.22. The van der Waals surface area contributed by atoms with Crippen LogP contribution in [0.3, 0.4) is 0 Å². The Morgan fingerprint density at radius 2 is 0.814 bits per heavy atom. The van der Waals surface area contributed by atoms with Gasteiger partial charge in [0.1, 0.15) is 23.0 Å².